The third kappa shape index (κ3) is 1.95. The van der Waals surface area contributed by atoms with Crippen LogP contribution in [-0.2, 0) is 0 Å². The lowest BCUT2D eigenvalue weighted by atomic mass is 10.0. The number of rotatable bonds is 1. The Hall–Kier alpha value is -2.78. The number of phenols is 1. The first kappa shape index (κ1) is 10.7. The summed E-state index contributed by atoms with van der Waals surface area (Å²) in [5.41, 5.74) is 0.442. The molecule has 2 aromatic carbocycles. The summed E-state index contributed by atoms with van der Waals surface area (Å²) in [7, 11) is 0. The fourth-order valence-corrected chi connectivity index (χ4v) is 1.63. The van der Waals surface area contributed by atoms with Crippen molar-refractivity contribution >= 4 is 16.8 Å². The highest BCUT2D eigenvalue weighted by Gasteiger charge is 2.04. The molecule has 0 spiro atoms. The van der Waals surface area contributed by atoms with E-state index in [4.69, 9.17) is 10.5 Å². The van der Waals surface area contributed by atoms with E-state index in [2.05, 4.69) is 0 Å². The molecule has 2 aromatic rings. The number of fused-ring (bicyclic) bond motifs is 1. The zero-order valence-electron chi connectivity index (χ0n) is 8.88. The minimum absolute atomic E-state index is 0.0319. The van der Waals surface area contributed by atoms with Gasteiger partial charge in [0.05, 0.1) is 0 Å². The molecule has 0 unspecified atom stereocenters. The summed E-state index contributed by atoms with van der Waals surface area (Å²) in [4.78, 5) is 0. The Balaban J connectivity index is 2.67. The molecule has 0 bridgehead atoms. The lowest BCUT2D eigenvalue weighted by Crippen LogP contribution is -1.80. The molecule has 17 heavy (non-hydrogen) atoms. The molecule has 0 aromatic heterocycles. The quantitative estimate of drug-likeness (QED) is 0.751. The van der Waals surface area contributed by atoms with E-state index in [1.165, 1.54) is 6.08 Å². The molecule has 0 aliphatic heterocycles. The number of benzene rings is 2. The summed E-state index contributed by atoms with van der Waals surface area (Å²) >= 11 is 0. The van der Waals surface area contributed by atoms with Gasteiger partial charge in [-0.15, -0.1) is 0 Å². The molecule has 0 saturated carbocycles. The van der Waals surface area contributed by atoms with Crippen molar-refractivity contribution in [2.75, 3.05) is 0 Å². The van der Waals surface area contributed by atoms with E-state index in [9.17, 15) is 5.11 Å². The van der Waals surface area contributed by atoms with Gasteiger partial charge in [0.25, 0.3) is 0 Å². The first-order chi connectivity index (χ1) is 8.26. The van der Waals surface area contributed by atoms with Gasteiger partial charge in [0.1, 0.15) is 23.5 Å². The van der Waals surface area contributed by atoms with Crippen LogP contribution in [0.3, 0.4) is 0 Å². The summed E-state index contributed by atoms with van der Waals surface area (Å²) in [5.74, 6) is 0.0890. The molecule has 0 saturated heterocycles. The third-order valence-electron chi connectivity index (χ3n) is 2.47. The number of hydrogen-bond acceptors (Lipinski definition) is 3. The molecule has 1 N–H and O–H groups in total. The maximum atomic E-state index is 10.0. The van der Waals surface area contributed by atoms with Gasteiger partial charge in [-0.25, -0.2) is 0 Å². The predicted molar refractivity (Wildman–Crippen MR) is 64.8 cm³/mol. The van der Waals surface area contributed by atoms with Crippen molar-refractivity contribution in [2.24, 2.45) is 0 Å². The summed E-state index contributed by atoms with van der Waals surface area (Å²) < 4.78 is 0. The number of aromatic hydroxyl groups is 1. The van der Waals surface area contributed by atoms with Gasteiger partial charge in [-0.1, -0.05) is 36.4 Å². The van der Waals surface area contributed by atoms with Crippen molar-refractivity contribution in [1.82, 2.24) is 0 Å². The van der Waals surface area contributed by atoms with Crippen molar-refractivity contribution in [2.45, 2.75) is 0 Å². The summed E-state index contributed by atoms with van der Waals surface area (Å²) in [6, 6.07) is 14.4. The van der Waals surface area contributed by atoms with E-state index in [0.29, 0.717) is 10.9 Å². The second-order valence-electron chi connectivity index (χ2n) is 3.51. The SMILES string of the molecule is N#CC(C#N)=Cc1ccc2ccccc2c1O. The number of allylic oxidation sites excluding steroid dienone is 1. The zero-order chi connectivity index (χ0) is 12.3. The van der Waals surface area contributed by atoms with Crippen LogP contribution in [-0.4, -0.2) is 5.11 Å². The second kappa shape index (κ2) is 4.38. The fraction of sp³-hybridized carbons (Fsp3) is 0. The molecule has 0 aliphatic carbocycles. The van der Waals surface area contributed by atoms with Crippen LogP contribution in [0.15, 0.2) is 42.0 Å². The lowest BCUT2D eigenvalue weighted by molar-refractivity contribution is 0.480. The molecule has 3 heteroatoms. The molecule has 0 amide bonds. The largest absolute Gasteiger partial charge is 0.507 e. The van der Waals surface area contributed by atoms with Gasteiger partial charge in [-0.2, -0.15) is 10.5 Å². The molecular formula is C14H8N2O. The van der Waals surface area contributed by atoms with E-state index < -0.39 is 0 Å². The molecule has 0 fully saturated rings. The highest BCUT2D eigenvalue weighted by molar-refractivity contribution is 5.91. The minimum Gasteiger partial charge on any atom is -0.507 e. The Morgan fingerprint density at radius 2 is 1.76 bits per heavy atom. The van der Waals surface area contributed by atoms with Crippen LogP contribution in [0.1, 0.15) is 5.56 Å². The van der Waals surface area contributed by atoms with Gasteiger partial charge in [-0.05, 0) is 11.5 Å². The van der Waals surface area contributed by atoms with Gasteiger partial charge < -0.3 is 5.11 Å². The Bertz CT molecular complexity index is 671. The van der Waals surface area contributed by atoms with Crippen LogP contribution >= 0.6 is 0 Å². The second-order valence-corrected chi connectivity index (χ2v) is 3.51. The number of nitrogens with zero attached hydrogens (tertiary/aromatic N) is 2. The van der Waals surface area contributed by atoms with E-state index in [1.54, 1.807) is 24.3 Å². The van der Waals surface area contributed by atoms with E-state index in [0.717, 1.165) is 5.39 Å². The van der Waals surface area contributed by atoms with E-state index >= 15 is 0 Å². The fourth-order valence-electron chi connectivity index (χ4n) is 1.63. The van der Waals surface area contributed by atoms with Gasteiger partial charge in [0.2, 0.25) is 0 Å². The number of hydrogen-bond donors (Lipinski definition) is 1. The predicted octanol–water partition coefficient (Wildman–Crippen LogP) is 2.98. The molecule has 3 nitrogen and oxygen atoms in total. The monoisotopic (exact) mass is 220 g/mol. The zero-order valence-corrected chi connectivity index (χ0v) is 8.88. The number of phenolic OH excluding ortho intramolecular Hbond substituents is 1. The van der Waals surface area contributed by atoms with Crippen LogP contribution in [0.5, 0.6) is 5.75 Å². The standard InChI is InChI=1S/C14H8N2O/c15-8-10(9-16)7-12-6-5-11-3-1-2-4-13(11)14(12)17/h1-7,17H. The average Bonchev–Trinajstić information content (AvgIpc) is 2.38. The molecular weight excluding hydrogens is 212 g/mol. The van der Waals surface area contributed by atoms with Crippen molar-refractivity contribution < 1.29 is 5.11 Å². The van der Waals surface area contributed by atoms with Gasteiger partial charge in [0, 0.05) is 10.9 Å². The first-order valence-corrected chi connectivity index (χ1v) is 4.99. The Kier molecular flexibility index (Phi) is 2.77. The van der Waals surface area contributed by atoms with Crippen LogP contribution in [0.25, 0.3) is 16.8 Å². The molecule has 0 heterocycles. The maximum absolute atomic E-state index is 10.0. The molecule has 0 radical (unpaired) electrons. The Labute approximate surface area is 98.5 Å². The normalized spacial score (nSPS) is 9.29. The highest BCUT2D eigenvalue weighted by atomic mass is 16.3. The number of nitriles is 2. The van der Waals surface area contributed by atoms with Crippen molar-refractivity contribution in [3.63, 3.8) is 0 Å². The van der Waals surface area contributed by atoms with Gasteiger partial charge in [-0.3, -0.25) is 0 Å². The minimum atomic E-state index is -0.0319. The van der Waals surface area contributed by atoms with Gasteiger partial charge >= 0.3 is 0 Å². The summed E-state index contributed by atoms with van der Waals surface area (Å²) in [6.45, 7) is 0. The van der Waals surface area contributed by atoms with Crippen molar-refractivity contribution in [1.29, 1.82) is 10.5 Å². The molecule has 0 atom stereocenters. The van der Waals surface area contributed by atoms with E-state index in [1.807, 2.05) is 24.3 Å². The smallest absolute Gasteiger partial charge is 0.130 e. The third-order valence-corrected chi connectivity index (χ3v) is 2.47. The Morgan fingerprint density at radius 3 is 2.47 bits per heavy atom. The van der Waals surface area contributed by atoms with Crippen LogP contribution in [0, 0.1) is 22.7 Å². The van der Waals surface area contributed by atoms with Gasteiger partial charge in [0.15, 0.2) is 0 Å². The highest BCUT2D eigenvalue weighted by Crippen LogP contribution is 2.29. The molecule has 2 rings (SSSR count). The van der Waals surface area contributed by atoms with E-state index in [-0.39, 0.29) is 11.3 Å². The van der Waals surface area contributed by atoms with Crippen LogP contribution in [0.4, 0.5) is 0 Å². The molecule has 0 aliphatic rings. The van der Waals surface area contributed by atoms with Crippen molar-refractivity contribution in [3.05, 3.63) is 47.5 Å². The summed E-state index contributed by atoms with van der Waals surface area (Å²) in [6.07, 6.45) is 1.38. The Morgan fingerprint density at radius 1 is 1.06 bits per heavy atom. The maximum Gasteiger partial charge on any atom is 0.130 e. The topological polar surface area (TPSA) is 67.8 Å². The first-order valence-electron chi connectivity index (χ1n) is 4.99. The average molecular weight is 220 g/mol. The van der Waals surface area contributed by atoms with Crippen LogP contribution < -0.4 is 0 Å². The van der Waals surface area contributed by atoms with Crippen LogP contribution in [0.2, 0.25) is 0 Å². The summed E-state index contributed by atoms with van der Waals surface area (Å²) in [5, 5.41) is 29.0. The lowest BCUT2D eigenvalue weighted by Gasteiger charge is -2.04. The molecule has 80 valence electrons. The van der Waals surface area contributed by atoms with Crippen molar-refractivity contribution in [3.8, 4) is 17.9 Å².